The Bertz CT molecular complexity index is 864. The first-order valence-electron chi connectivity index (χ1n) is 7.18. The smallest absolute Gasteiger partial charge is 0.346 e. The molecule has 2 amide bonds. The summed E-state index contributed by atoms with van der Waals surface area (Å²) in [6.07, 6.45) is 0.151. The number of para-hydroxylation sites is 1. The summed E-state index contributed by atoms with van der Waals surface area (Å²) < 4.78 is 31.0. The molecular weight excluding hydrogens is 332 g/mol. The molecule has 1 heterocycles. The standard InChI is InChI=1S/C16H16N2O5S/c1-23-12-6-8-13(9-7-12)24(21,22)15-10-11-4-2-3-5-14(11)18(15)16(19)17-20/h2-9,15,20H,10H2,1H3,(H,17,19)/t15-/m1/s1. The van der Waals surface area contributed by atoms with E-state index in [1.54, 1.807) is 36.4 Å². The van der Waals surface area contributed by atoms with Crippen LogP contribution in [0.4, 0.5) is 10.5 Å². The number of carbonyl (C=O) groups excluding carboxylic acids is 1. The molecule has 3 rings (SSSR count). The van der Waals surface area contributed by atoms with E-state index in [-0.39, 0.29) is 11.3 Å². The second-order valence-corrected chi connectivity index (χ2v) is 7.40. The van der Waals surface area contributed by atoms with Gasteiger partial charge in [0.1, 0.15) is 11.1 Å². The number of hydroxylamine groups is 1. The summed E-state index contributed by atoms with van der Waals surface area (Å²) in [5.74, 6) is 0.536. The van der Waals surface area contributed by atoms with Gasteiger partial charge in [-0.15, -0.1) is 0 Å². The zero-order valence-electron chi connectivity index (χ0n) is 12.8. The van der Waals surface area contributed by atoms with E-state index in [0.29, 0.717) is 11.4 Å². The number of sulfone groups is 1. The number of amides is 2. The number of fused-ring (bicyclic) bond motifs is 1. The maximum Gasteiger partial charge on any atom is 0.346 e. The maximum atomic E-state index is 13.0. The van der Waals surface area contributed by atoms with Crippen molar-refractivity contribution in [1.82, 2.24) is 5.48 Å². The summed E-state index contributed by atoms with van der Waals surface area (Å²) in [6, 6.07) is 12.0. The average Bonchev–Trinajstić information content (AvgIpc) is 3.01. The topological polar surface area (TPSA) is 95.9 Å². The number of hydrogen-bond donors (Lipinski definition) is 2. The van der Waals surface area contributed by atoms with Crippen LogP contribution in [0.1, 0.15) is 5.56 Å². The van der Waals surface area contributed by atoms with Gasteiger partial charge in [-0.3, -0.25) is 10.1 Å². The number of nitrogens with zero attached hydrogens (tertiary/aromatic N) is 1. The van der Waals surface area contributed by atoms with Crippen molar-refractivity contribution in [2.45, 2.75) is 16.7 Å². The molecule has 8 heteroatoms. The van der Waals surface area contributed by atoms with Crippen LogP contribution in [0, 0.1) is 0 Å². The highest BCUT2D eigenvalue weighted by Gasteiger charge is 2.42. The average molecular weight is 348 g/mol. The minimum atomic E-state index is -3.84. The van der Waals surface area contributed by atoms with Crippen molar-refractivity contribution in [2.24, 2.45) is 0 Å². The van der Waals surface area contributed by atoms with Crippen LogP contribution < -0.4 is 15.1 Å². The van der Waals surface area contributed by atoms with E-state index in [1.807, 2.05) is 0 Å². The fourth-order valence-corrected chi connectivity index (χ4v) is 4.53. The summed E-state index contributed by atoms with van der Waals surface area (Å²) in [7, 11) is -2.35. The Morgan fingerprint density at radius 1 is 1.21 bits per heavy atom. The van der Waals surface area contributed by atoms with Crippen LogP contribution in [0.15, 0.2) is 53.4 Å². The maximum absolute atomic E-state index is 13.0. The van der Waals surface area contributed by atoms with Crippen LogP contribution in [-0.4, -0.2) is 32.1 Å². The molecule has 24 heavy (non-hydrogen) atoms. The van der Waals surface area contributed by atoms with Crippen LogP contribution in [0.3, 0.4) is 0 Å². The van der Waals surface area contributed by atoms with Gasteiger partial charge in [-0.25, -0.2) is 18.7 Å². The van der Waals surface area contributed by atoms with Gasteiger partial charge in [0.2, 0.25) is 0 Å². The molecule has 0 saturated heterocycles. The molecule has 1 aliphatic heterocycles. The van der Waals surface area contributed by atoms with E-state index >= 15 is 0 Å². The van der Waals surface area contributed by atoms with Crippen molar-refractivity contribution in [3.05, 3.63) is 54.1 Å². The van der Waals surface area contributed by atoms with Crippen molar-refractivity contribution in [2.75, 3.05) is 12.0 Å². The number of ether oxygens (including phenoxy) is 1. The summed E-state index contributed by atoms with van der Waals surface area (Å²) in [4.78, 5) is 13.2. The lowest BCUT2D eigenvalue weighted by Crippen LogP contribution is -2.47. The first-order chi connectivity index (χ1) is 11.5. The van der Waals surface area contributed by atoms with E-state index in [0.717, 1.165) is 10.5 Å². The molecule has 1 aliphatic rings. The molecule has 0 fully saturated rings. The normalized spacial score (nSPS) is 16.6. The van der Waals surface area contributed by atoms with Crippen molar-refractivity contribution in [1.29, 1.82) is 0 Å². The Kier molecular flexibility index (Phi) is 4.16. The number of hydrogen-bond acceptors (Lipinski definition) is 5. The van der Waals surface area contributed by atoms with Crippen molar-refractivity contribution < 1.29 is 23.2 Å². The number of anilines is 1. The van der Waals surface area contributed by atoms with E-state index in [9.17, 15) is 13.2 Å². The van der Waals surface area contributed by atoms with E-state index in [2.05, 4.69) is 0 Å². The summed E-state index contributed by atoms with van der Waals surface area (Å²) in [6.45, 7) is 0. The Morgan fingerprint density at radius 3 is 2.50 bits per heavy atom. The fourth-order valence-electron chi connectivity index (χ4n) is 2.82. The lowest BCUT2D eigenvalue weighted by molar-refractivity contribution is 0.166. The highest BCUT2D eigenvalue weighted by Crippen LogP contribution is 2.36. The third-order valence-corrected chi connectivity index (χ3v) is 6.02. The first-order valence-corrected chi connectivity index (χ1v) is 8.73. The zero-order chi connectivity index (χ0) is 17.3. The molecular formula is C16H16N2O5S. The van der Waals surface area contributed by atoms with Crippen LogP contribution in [0.25, 0.3) is 0 Å². The van der Waals surface area contributed by atoms with E-state index in [1.165, 1.54) is 24.7 Å². The van der Waals surface area contributed by atoms with Crippen molar-refractivity contribution in [3.63, 3.8) is 0 Å². The molecule has 0 aliphatic carbocycles. The SMILES string of the molecule is COc1ccc(S(=O)(=O)[C@@H]2Cc3ccccc3N2C(=O)NO)cc1. The van der Waals surface area contributed by atoms with Gasteiger partial charge >= 0.3 is 6.03 Å². The van der Waals surface area contributed by atoms with Gasteiger partial charge in [-0.2, -0.15) is 0 Å². The molecule has 0 bridgehead atoms. The van der Waals surface area contributed by atoms with E-state index in [4.69, 9.17) is 9.94 Å². The quantitative estimate of drug-likeness (QED) is 0.653. The van der Waals surface area contributed by atoms with Gasteiger partial charge in [-0.1, -0.05) is 18.2 Å². The van der Waals surface area contributed by atoms with Crippen molar-refractivity contribution >= 4 is 21.6 Å². The summed E-state index contributed by atoms with van der Waals surface area (Å²) in [5.41, 5.74) is 2.71. The van der Waals surface area contributed by atoms with Gasteiger partial charge in [0.15, 0.2) is 9.84 Å². The molecule has 126 valence electrons. The molecule has 2 aromatic carbocycles. The second kappa shape index (κ2) is 6.14. The third kappa shape index (κ3) is 2.59. The fraction of sp³-hybridized carbons (Fsp3) is 0.188. The van der Waals surface area contributed by atoms with Crippen molar-refractivity contribution in [3.8, 4) is 5.75 Å². The monoisotopic (exact) mass is 348 g/mol. The van der Waals surface area contributed by atoms with Gasteiger partial charge in [-0.05, 0) is 35.9 Å². The molecule has 7 nitrogen and oxygen atoms in total. The summed E-state index contributed by atoms with van der Waals surface area (Å²) >= 11 is 0. The minimum absolute atomic E-state index is 0.0804. The number of rotatable bonds is 3. The molecule has 2 N–H and O–H groups in total. The number of nitrogens with one attached hydrogen (secondary N) is 1. The van der Waals surface area contributed by atoms with Crippen LogP contribution in [0.5, 0.6) is 5.75 Å². The molecule has 0 radical (unpaired) electrons. The van der Waals surface area contributed by atoms with Crippen LogP contribution in [0.2, 0.25) is 0 Å². The molecule has 0 spiro atoms. The summed E-state index contributed by atoms with van der Waals surface area (Å²) in [5, 5.41) is 7.86. The first kappa shape index (κ1) is 16.3. The van der Waals surface area contributed by atoms with E-state index < -0.39 is 21.2 Å². The lowest BCUT2D eigenvalue weighted by Gasteiger charge is -2.24. The number of urea groups is 1. The number of benzene rings is 2. The van der Waals surface area contributed by atoms with Gasteiger partial charge in [0.25, 0.3) is 0 Å². The lowest BCUT2D eigenvalue weighted by atomic mass is 10.2. The number of carbonyl (C=O) groups is 1. The highest BCUT2D eigenvalue weighted by molar-refractivity contribution is 7.92. The Hall–Kier alpha value is -2.58. The highest BCUT2D eigenvalue weighted by atomic mass is 32.2. The van der Waals surface area contributed by atoms with Crippen LogP contribution >= 0.6 is 0 Å². The Balaban J connectivity index is 2.04. The largest absolute Gasteiger partial charge is 0.497 e. The molecule has 1 atom stereocenters. The van der Waals surface area contributed by atoms with Gasteiger partial charge in [0, 0.05) is 6.42 Å². The molecule has 0 aromatic heterocycles. The predicted octanol–water partition coefficient (Wildman–Crippen LogP) is 1.96. The van der Waals surface area contributed by atoms with Crippen LogP contribution in [-0.2, 0) is 16.3 Å². The van der Waals surface area contributed by atoms with Gasteiger partial charge in [0.05, 0.1) is 17.7 Å². The second-order valence-electron chi connectivity index (χ2n) is 5.29. The third-order valence-electron chi connectivity index (χ3n) is 3.99. The molecule has 0 saturated carbocycles. The zero-order valence-corrected chi connectivity index (χ0v) is 13.7. The Morgan fingerprint density at radius 2 is 1.88 bits per heavy atom. The minimum Gasteiger partial charge on any atom is -0.497 e. The van der Waals surface area contributed by atoms with Gasteiger partial charge < -0.3 is 4.74 Å². The molecule has 0 unspecified atom stereocenters. The molecule has 2 aromatic rings. The predicted molar refractivity (Wildman–Crippen MR) is 86.9 cm³/mol. The Labute approximate surface area is 139 Å². The number of methoxy groups -OCH3 is 1.